The number of hydrogen-bond donors (Lipinski definition) is 1. The summed E-state index contributed by atoms with van der Waals surface area (Å²) in [4.78, 5) is 30.6. The first-order chi connectivity index (χ1) is 11.6. The van der Waals surface area contributed by atoms with E-state index in [1.807, 2.05) is 13.0 Å². The van der Waals surface area contributed by atoms with E-state index in [-0.39, 0.29) is 18.2 Å². The third-order valence-corrected chi connectivity index (χ3v) is 4.51. The summed E-state index contributed by atoms with van der Waals surface area (Å²) < 4.78 is 5.34. The minimum atomic E-state index is -0.402. The van der Waals surface area contributed by atoms with Crippen LogP contribution in [0.1, 0.15) is 36.6 Å². The molecule has 24 heavy (non-hydrogen) atoms. The van der Waals surface area contributed by atoms with Gasteiger partial charge in [-0.15, -0.1) is 0 Å². The van der Waals surface area contributed by atoms with Gasteiger partial charge in [0.1, 0.15) is 17.2 Å². The van der Waals surface area contributed by atoms with Crippen molar-refractivity contribution in [3.63, 3.8) is 0 Å². The standard InChI is InChI=1S/C17H18N4O3/c1-10-15(16(24-20-10)11-5-6-11)19-17(23)12-8-14(22)21(9-12)13-4-2-3-7-18-13/h2-4,7,11-12H,5-6,8-9H2,1H3,(H,19,23). The maximum atomic E-state index is 12.6. The number of anilines is 2. The van der Waals surface area contributed by atoms with Crippen LogP contribution in [0.2, 0.25) is 0 Å². The van der Waals surface area contributed by atoms with Gasteiger partial charge in [0.2, 0.25) is 11.8 Å². The van der Waals surface area contributed by atoms with E-state index < -0.39 is 5.92 Å². The molecule has 3 heterocycles. The van der Waals surface area contributed by atoms with Crippen LogP contribution in [-0.4, -0.2) is 28.5 Å². The van der Waals surface area contributed by atoms with Crippen molar-refractivity contribution >= 4 is 23.3 Å². The average molecular weight is 326 g/mol. The lowest BCUT2D eigenvalue weighted by molar-refractivity contribution is -0.122. The summed E-state index contributed by atoms with van der Waals surface area (Å²) in [5.74, 6) is 1.04. The number of nitrogens with one attached hydrogen (secondary N) is 1. The highest BCUT2D eigenvalue weighted by molar-refractivity contribution is 6.03. The second-order valence-electron chi connectivity index (χ2n) is 6.36. The van der Waals surface area contributed by atoms with Gasteiger partial charge >= 0.3 is 0 Å². The van der Waals surface area contributed by atoms with Gasteiger partial charge < -0.3 is 9.84 Å². The van der Waals surface area contributed by atoms with Gasteiger partial charge in [-0.3, -0.25) is 14.5 Å². The number of rotatable bonds is 4. The summed E-state index contributed by atoms with van der Waals surface area (Å²) in [5.41, 5.74) is 1.35. The molecule has 2 fully saturated rings. The van der Waals surface area contributed by atoms with Crippen molar-refractivity contribution in [2.75, 3.05) is 16.8 Å². The maximum absolute atomic E-state index is 12.6. The van der Waals surface area contributed by atoms with Crippen molar-refractivity contribution in [1.29, 1.82) is 0 Å². The minimum Gasteiger partial charge on any atom is -0.359 e. The lowest BCUT2D eigenvalue weighted by Crippen LogP contribution is -2.28. The summed E-state index contributed by atoms with van der Waals surface area (Å²) in [6.45, 7) is 2.15. The van der Waals surface area contributed by atoms with E-state index in [0.717, 1.165) is 18.6 Å². The Morgan fingerprint density at radius 3 is 2.92 bits per heavy atom. The van der Waals surface area contributed by atoms with E-state index >= 15 is 0 Å². The minimum absolute atomic E-state index is 0.0849. The molecule has 1 unspecified atom stereocenters. The number of carbonyl (C=O) groups excluding carboxylic acids is 2. The Morgan fingerprint density at radius 2 is 2.21 bits per heavy atom. The molecule has 1 atom stereocenters. The first-order valence-corrected chi connectivity index (χ1v) is 8.12. The lowest BCUT2D eigenvalue weighted by Gasteiger charge is -2.15. The second-order valence-corrected chi connectivity index (χ2v) is 6.36. The summed E-state index contributed by atoms with van der Waals surface area (Å²) in [6, 6.07) is 5.39. The zero-order valence-corrected chi connectivity index (χ0v) is 13.4. The van der Waals surface area contributed by atoms with Gasteiger partial charge in [0.15, 0.2) is 5.76 Å². The number of nitrogens with zero attached hydrogens (tertiary/aromatic N) is 3. The monoisotopic (exact) mass is 326 g/mol. The third-order valence-electron chi connectivity index (χ3n) is 4.51. The Labute approximate surface area is 139 Å². The van der Waals surface area contributed by atoms with E-state index in [0.29, 0.717) is 29.7 Å². The molecule has 0 aromatic carbocycles. The molecule has 2 aromatic heterocycles. The molecule has 1 N–H and O–H groups in total. The molecule has 1 saturated heterocycles. The molecule has 1 aliphatic heterocycles. The topological polar surface area (TPSA) is 88.3 Å². The number of hydrogen-bond acceptors (Lipinski definition) is 5. The molecule has 7 nitrogen and oxygen atoms in total. The molecule has 2 aromatic rings. The Bertz CT molecular complexity index is 782. The molecule has 4 rings (SSSR count). The highest BCUT2D eigenvalue weighted by Crippen LogP contribution is 2.44. The zero-order chi connectivity index (χ0) is 16.7. The molecule has 2 amide bonds. The van der Waals surface area contributed by atoms with Crippen LogP contribution < -0.4 is 10.2 Å². The maximum Gasteiger partial charge on any atom is 0.229 e. The Balaban J connectivity index is 1.48. The Morgan fingerprint density at radius 1 is 1.38 bits per heavy atom. The number of carbonyl (C=O) groups is 2. The Hall–Kier alpha value is -2.70. The Kier molecular flexibility index (Phi) is 3.55. The van der Waals surface area contributed by atoms with Crippen molar-refractivity contribution in [3.05, 3.63) is 35.9 Å². The SMILES string of the molecule is Cc1noc(C2CC2)c1NC(=O)C1CC(=O)N(c2ccccn2)C1. The molecule has 7 heteroatoms. The molecular weight excluding hydrogens is 308 g/mol. The summed E-state index contributed by atoms with van der Waals surface area (Å²) in [6.07, 6.45) is 3.95. The van der Waals surface area contributed by atoms with Crippen molar-refractivity contribution in [3.8, 4) is 0 Å². The van der Waals surface area contributed by atoms with Crippen LogP contribution in [0.25, 0.3) is 0 Å². The quantitative estimate of drug-likeness (QED) is 0.931. The van der Waals surface area contributed by atoms with Gasteiger partial charge in [-0.25, -0.2) is 4.98 Å². The van der Waals surface area contributed by atoms with Crippen LogP contribution in [0.15, 0.2) is 28.9 Å². The largest absolute Gasteiger partial charge is 0.359 e. The lowest BCUT2D eigenvalue weighted by atomic mass is 10.1. The molecule has 1 saturated carbocycles. The van der Waals surface area contributed by atoms with Gasteiger partial charge in [0, 0.05) is 25.1 Å². The fourth-order valence-corrected chi connectivity index (χ4v) is 3.01. The van der Waals surface area contributed by atoms with Crippen molar-refractivity contribution in [1.82, 2.24) is 10.1 Å². The van der Waals surface area contributed by atoms with Crippen molar-refractivity contribution < 1.29 is 14.1 Å². The van der Waals surface area contributed by atoms with Gasteiger partial charge in [-0.2, -0.15) is 0 Å². The van der Waals surface area contributed by atoms with E-state index in [1.165, 1.54) is 0 Å². The van der Waals surface area contributed by atoms with Crippen molar-refractivity contribution in [2.45, 2.75) is 32.1 Å². The molecule has 124 valence electrons. The predicted octanol–water partition coefficient (Wildman–Crippen LogP) is 2.25. The van der Waals surface area contributed by atoms with Crippen LogP contribution in [0.4, 0.5) is 11.5 Å². The number of aromatic nitrogens is 2. The number of aryl methyl sites for hydroxylation is 1. The normalized spacial score (nSPS) is 20.5. The van der Waals surface area contributed by atoms with Crippen LogP contribution in [0, 0.1) is 12.8 Å². The van der Waals surface area contributed by atoms with Crippen LogP contribution in [0.3, 0.4) is 0 Å². The average Bonchev–Trinajstić information content (AvgIpc) is 3.27. The number of pyridine rings is 1. The summed E-state index contributed by atoms with van der Waals surface area (Å²) in [7, 11) is 0. The molecule has 0 radical (unpaired) electrons. The highest BCUT2D eigenvalue weighted by Gasteiger charge is 2.37. The number of amides is 2. The molecule has 2 aliphatic rings. The molecule has 0 spiro atoms. The predicted molar refractivity (Wildman–Crippen MR) is 86.5 cm³/mol. The fourth-order valence-electron chi connectivity index (χ4n) is 3.01. The van der Waals surface area contributed by atoms with Crippen LogP contribution in [0.5, 0.6) is 0 Å². The van der Waals surface area contributed by atoms with Crippen LogP contribution in [-0.2, 0) is 9.59 Å². The zero-order valence-electron chi connectivity index (χ0n) is 13.4. The van der Waals surface area contributed by atoms with Crippen molar-refractivity contribution in [2.24, 2.45) is 5.92 Å². The first-order valence-electron chi connectivity index (χ1n) is 8.12. The van der Waals surface area contributed by atoms with Gasteiger partial charge in [-0.05, 0) is 31.9 Å². The van der Waals surface area contributed by atoms with Gasteiger partial charge in [0.25, 0.3) is 0 Å². The third kappa shape index (κ3) is 2.66. The molecule has 0 bridgehead atoms. The molecule has 1 aliphatic carbocycles. The van der Waals surface area contributed by atoms with E-state index in [4.69, 9.17) is 4.52 Å². The molecular formula is C17H18N4O3. The van der Waals surface area contributed by atoms with Crippen LogP contribution >= 0.6 is 0 Å². The summed E-state index contributed by atoms with van der Waals surface area (Å²) >= 11 is 0. The van der Waals surface area contributed by atoms with Gasteiger partial charge in [-0.1, -0.05) is 11.2 Å². The van der Waals surface area contributed by atoms with E-state index in [1.54, 1.807) is 23.2 Å². The fraction of sp³-hybridized carbons (Fsp3) is 0.412. The second kappa shape index (κ2) is 5.74. The van der Waals surface area contributed by atoms with E-state index in [9.17, 15) is 9.59 Å². The van der Waals surface area contributed by atoms with Gasteiger partial charge in [0.05, 0.1) is 5.92 Å². The smallest absolute Gasteiger partial charge is 0.229 e. The van der Waals surface area contributed by atoms with E-state index in [2.05, 4.69) is 15.5 Å². The first kappa shape index (κ1) is 14.9. The summed E-state index contributed by atoms with van der Waals surface area (Å²) in [5, 5.41) is 6.88. The highest BCUT2D eigenvalue weighted by atomic mass is 16.5.